The van der Waals surface area contributed by atoms with E-state index in [0.29, 0.717) is 6.42 Å². The zero-order chi connectivity index (χ0) is 16.3. The number of carbonyl (C=O) groups is 3. The van der Waals surface area contributed by atoms with Crippen LogP contribution < -0.4 is 11.1 Å². The lowest BCUT2D eigenvalue weighted by atomic mass is 10.1. The average molecular weight is 301 g/mol. The summed E-state index contributed by atoms with van der Waals surface area (Å²) in [5.74, 6) is -1.41. The Morgan fingerprint density at radius 1 is 1.19 bits per heavy atom. The number of primary amides is 1. The van der Waals surface area contributed by atoms with Gasteiger partial charge in [0.15, 0.2) is 0 Å². The zero-order valence-corrected chi connectivity index (χ0v) is 13.2. The van der Waals surface area contributed by atoms with Gasteiger partial charge in [0, 0.05) is 13.5 Å². The Kier molecular flexibility index (Phi) is 10.2. The molecule has 0 spiro atoms. The molecule has 0 aromatic heterocycles. The van der Waals surface area contributed by atoms with E-state index in [-0.39, 0.29) is 12.3 Å². The third-order valence-corrected chi connectivity index (χ3v) is 3.13. The minimum atomic E-state index is -0.976. The molecule has 3 N–H and O–H groups in total. The maximum Gasteiger partial charge on any atom is 0.268 e. The summed E-state index contributed by atoms with van der Waals surface area (Å²) in [6.45, 7) is 2.12. The van der Waals surface area contributed by atoms with Gasteiger partial charge in [-0.05, 0) is 6.42 Å². The third kappa shape index (κ3) is 9.01. The lowest BCUT2D eigenvalue weighted by Gasteiger charge is -2.21. The van der Waals surface area contributed by atoms with Crippen molar-refractivity contribution in [1.29, 1.82) is 0 Å². The Morgan fingerprint density at radius 2 is 1.81 bits per heavy atom. The van der Waals surface area contributed by atoms with Gasteiger partial charge in [-0.2, -0.15) is 0 Å². The van der Waals surface area contributed by atoms with E-state index in [4.69, 9.17) is 10.6 Å². The summed E-state index contributed by atoms with van der Waals surface area (Å²) in [7, 11) is 2.74. The van der Waals surface area contributed by atoms with Crippen LogP contribution >= 0.6 is 0 Å². The average Bonchev–Trinajstić information content (AvgIpc) is 2.44. The van der Waals surface area contributed by atoms with Gasteiger partial charge in [0.1, 0.15) is 6.04 Å². The van der Waals surface area contributed by atoms with Crippen molar-refractivity contribution < 1.29 is 19.2 Å². The van der Waals surface area contributed by atoms with Crippen LogP contribution in [0, 0.1) is 0 Å². The Morgan fingerprint density at radius 3 is 2.33 bits per heavy atom. The molecule has 0 aliphatic heterocycles. The van der Waals surface area contributed by atoms with E-state index >= 15 is 0 Å². The summed E-state index contributed by atoms with van der Waals surface area (Å²) < 4.78 is 0. The largest absolute Gasteiger partial charge is 0.370 e. The minimum absolute atomic E-state index is 0.242. The molecule has 0 saturated carbocycles. The molecule has 0 bridgehead atoms. The first-order valence-corrected chi connectivity index (χ1v) is 7.31. The highest BCUT2D eigenvalue weighted by Crippen LogP contribution is 2.06. The molecule has 7 nitrogen and oxygen atoms in total. The fourth-order valence-corrected chi connectivity index (χ4v) is 1.87. The first-order chi connectivity index (χ1) is 9.92. The molecule has 0 heterocycles. The van der Waals surface area contributed by atoms with Crippen molar-refractivity contribution in [3.63, 3.8) is 0 Å². The van der Waals surface area contributed by atoms with Crippen LogP contribution in [-0.4, -0.2) is 43.0 Å². The second-order valence-corrected chi connectivity index (χ2v) is 4.97. The number of hydroxylamine groups is 2. The van der Waals surface area contributed by atoms with Crippen molar-refractivity contribution in [2.24, 2.45) is 5.73 Å². The number of nitrogens with one attached hydrogen (secondary N) is 1. The minimum Gasteiger partial charge on any atom is -0.370 e. The second kappa shape index (κ2) is 11.1. The zero-order valence-electron chi connectivity index (χ0n) is 13.2. The van der Waals surface area contributed by atoms with Crippen molar-refractivity contribution >= 4 is 17.7 Å². The van der Waals surface area contributed by atoms with Crippen LogP contribution in [0.4, 0.5) is 0 Å². The van der Waals surface area contributed by atoms with Gasteiger partial charge in [0.05, 0.1) is 13.5 Å². The van der Waals surface area contributed by atoms with Gasteiger partial charge in [0.2, 0.25) is 11.8 Å². The van der Waals surface area contributed by atoms with Crippen LogP contribution in [-0.2, 0) is 19.2 Å². The predicted molar refractivity (Wildman–Crippen MR) is 78.9 cm³/mol. The van der Waals surface area contributed by atoms with Crippen molar-refractivity contribution in [1.82, 2.24) is 10.4 Å². The number of nitrogens with zero attached hydrogens (tertiary/aromatic N) is 1. The summed E-state index contributed by atoms with van der Waals surface area (Å²) in [6, 6.07) is -0.976. The van der Waals surface area contributed by atoms with Gasteiger partial charge < -0.3 is 11.1 Å². The van der Waals surface area contributed by atoms with Crippen LogP contribution in [0.5, 0.6) is 0 Å². The Bertz CT molecular complexity index is 347. The molecule has 0 rings (SSSR count). The van der Waals surface area contributed by atoms with E-state index in [1.807, 2.05) is 0 Å². The lowest BCUT2D eigenvalue weighted by molar-refractivity contribution is -0.172. The lowest BCUT2D eigenvalue weighted by Crippen LogP contribution is -2.48. The summed E-state index contributed by atoms with van der Waals surface area (Å²) in [6.07, 6.45) is 5.24. The predicted octanol–water partition coefficient (Wildman–Crippen LogP) is 0.727. The van der Waals surface area contributed by atoms with Gasteiger partial charge >= 0.3 is 0 Å². The van der Waals surface area contributed by atoms with E-state index in [1.165, 1.54) is 14.2 Å². The highest BCUT2D eigenvalue weighted by molar-refractivity contribution is 5.91. The van der Waals surface area contributed by atoms with Crippen molar-refractivity contribution in [2.45, 2.75) is 57.9 Å². The topological polar surface area (TPSA) is 102 Å². The van der Waals surface area contributed by atoms with Crippen LogP contribution in [0.2, 0.25) is 0 Å². The molecule has 0 radical (unpaired) electrons. The first-order valence-electron chi connectivity index (χ1n) is 7.31. The van der Waals surface area contributed by atoms with Gasteiger partial charge in [-0.1, -0.05) is 32.6 Å². The van der Waals surface area contributed by atoms with Crippen molar-refractivity contribution in [2.75, 3.05) is 14.2 Å². The van der Waals surface area contributed by atoms with Gasteiger partial charge in [-0.15, -0.1) is 0 Å². The molecule has 0 aliphatic carbocycles. The van der Waals surface area contributed by atoms with Crippen molar-refractivity contribution in [3.05, 3.63) is 0 Å². The van der Waals surface area contributed by atoms with Gasteiger partial charge in [-0.3, -0.25) is 19.2 Å². The third-order valence-electron chi connectivity index (χ3n) is 3.13. The molecule has 0 saturated heterocycles. The Labute approximate surface area is 126 Å². The summed E-state index contributed by atoms with van der Waals surface area (Å²) >= 11 is 0. The molecular formula is C14H27N3O4. The number of amides is 3. The second-order valence-electron chi connectivity index (χ2n) is 4.97. The molecule has 1 atom stereocenters. The quantitative estimate of drug-likeness (QED) is 0.434. The SMILES string of the molecule is CCCCCCCC(=O)N[C@H](CC(N)=O)C(=O)N(C)OC. The molecular weight excluding hydrogens is 274 g/mol. The van der Waals surface area contributed by atoms with E-state index < -0.39 is 17.9 Å². The summed E-state index contributed by atoms with van der Waals surface area (Å²) in [5, 5.41) is 3.51. The number of unbranched alkanes of at least 4 members (excludes halogenated alkanes) is 4. The Hall–Kier alpha value is -1.63. The number of hydrogen-bond donors (Lipinski definition) is 2. The monoisotopic (exact) mass is 301 g/mol. The number of nitrogens with two attached hydrogens (primary N) is 1. The molecule has 0 unspecified atom stereocenters. The molecule has 21 heavy (non-hydrogen) atoms. The van der Waals surface area contributed by atoms with E-state index in [1.54, 1.807) is 0 Å². The molecule has 122 valence electrons. The van der Waals surface area contributed by atoms with Gasteiger partial charge in [-0.25, -0.2) is 5.06 Å². The van der Waals surface area contributed by atoms with Gasteiger partial charge in [0.25, 0.3) is 5.91 Å². The highest BCUT2D eigenvalue weighted by Gasteiger charge is 2.25. The van der Waals surface area contributed by atoms with E-state index in [9.17, 15) is 14.4 Å². The number of carbonyl (C=O) groups excluding carboxylic acids is 3. The van der Waals surface area contributed by atoms with Crippen LogP contribution in [0.25, 0.3) is 0 Å². The van der Waals surface area contributed by atoms with Crippen LogP contribution in [0.15, 0.2) is 0 Å². The van der Waals surface area contributed by atoms with E-state index in [0.717, 1.165) is 37.2 Å². The van der Waals surface area contributed by atoms with Crippen LogP contribution in [0.1, 0.15) is 51.9 Å². The van der Waals surface area contributed by atoms with Crippen LogP contribution in [0.3, 0.4) is 0 Å². The highest BCUT2D eigenvalue weighted by atomic mass is 16.7. The molecule has 3 amide bonds. The molecule has 7 heteroatoms. The Balaban J connectivity index is 4.29. The first kappa shape index (κ1) is 19.4. The fraction of sp³-hybridized carbons (Fsp3) is 0.786. The number of rotatable bonds is 11. The van der Waals surface area contributed by atoms with Crippen molar-refractivity contribution in [3.8, 4) is 0 Å². The standard InChI is InChI=1S/C14H27N3O4/c1-4-5-6-7-8-9-13(19)16-11(10-12(15)18)14(20)17(2)21-3/h11H,4-10H2,1-3H3,(H2,15,18)(H,16,19)/t11-/m1/s1. The molecule has 0 aliphatic rings. The summed E-state index contributed by atoms with van der Waals surface area (Å²) in [4.78, 5) is 39.5. The maximum atomic E-state index is 11.9. The molecule has 0 aromatic carbocycles. The molecule has 0 aromatic rings. The smallest absolute Gasteiger partial charge is 0.268 e. The maximum absolute atomic E-state index is 11.9. The number of hydrogen-bond acceptors (Lipinski definition) is 4. The number of likely N-dealkylation sites (N-methyl/N-ethyl adjacent to an activating group) is 1. The molecule has 0 fully saturated rings. The normalized spacial score (nSPS) is 11.8. The van der Waals surface area contributed by atoms with E-state index in [2.05, 4.69) is 12.2 Å². The summed E-state index contributed by atoms with van der Waals surface area (Å²) in [5.41, 5.74) is 5.10. The fourth-order valence-electron chi connectivity index (χ4n) is 1.87.